The average Bonchev–Trinajstić information content (AvgIpc) is 3.13. The molecule has 0 saturated carbocycles. The van der Waals surface area contributed by atoms with Gasteiger partial charge in [-0.2, -0.15) is 0 Å². The highest BCUT2D eigenvalue weighted by Crippen LogP contribution is 2.24. The lowest BCUT2D eigenvalue weighted by Gasteiger charge is -2.45. The van der Waals surface area contributed by atoms with E-state index in [0.29, 0.717) is 28.5 Å². The van der Waals surface area contributed by atoms with Crippen LogP contribution in [0.3, 0.4) is 0 Å². The normalized spacial score (nSPS) is 16.5. The molecule has 1 unspecified atom stereocenters. The number of quaternary nitrogens is 1. The Morgan fingerprint density at radius 1 is 0.902 bits per heavy atom. The summed E-state index contributed by atoms with van der Waals surface area (Å²) in [6, 6.07) is 15.5. The fourth-order valence-electron chi connectivity index (χ4n) is 6.06. The predicted octanol–water partition coefficient (Wildman–Crippen LogP) is 4.53. The fraction of sp³-hybridized carbons (Fsp3) is 0.474. The van der Waals surface area contributed by atoms with E-state index < -0.39 is 11.9 Å². The number of hydrogen-bond donors (Lipinski definition) is 3. The number of carbonyl (C=O) groups is 3. The number of amides is 1. The van der Waals surface area contributed by atoms with Gasteiger partial charge in [-0.05, 0) is 74.4 Å². The number of aryl methyl sites for hydroxylation is 2. The van der Waals surface area contributed by atoms with E-state index in [9.17, 15) is 14.4 Å². The van der Waals surface area contributed by atoms with E-state index in [2.05, 4.69) is 19.8 Å². The first kappa shape index (κ1) is 40.9. The summed E-state index contributed by atoms with van der Waals surface area (Å²) < 4.78 is 21.1. The Morgan fingerprint density at radius 2 is 1.41 bits per heavy atom. The molecule has 0 spiro atoms. The minimum absolute atomic E-state index is 0.0311. The molecule has 1 amide bonds. The minimum atomic E-state index is -0.427. The third-order valence-corrected chi connectivity index (χ3v) is 9.28. The Bertz CT molecular complexity index is 1470. The highest BCUT2D eigenvalue weighted by Gasteiger charge is 2.35. The van der Waals surface area contributed by atoms with Gasteiger partial charge in [0.2, 0.25) is 0 Å². The lowest BCUT2D eigenvalue weighted by atomic mass is 9.99. The largest absolute Gasteiger partial charge is 0.482 e. The maximum atomic E-state index is 13.3. The van der Waals surface area contributed by atoms with E-state index in [0.717, 1.165) is 69.2 Å². The van der Waals surface area contributed by atoms with Crippen LogP contribution in [-0.4, -0.2) is 87.8 Å². The van der Waals surface area contributed by atoms with Crippen molar-refractivity contribution in [1.29, 1.82) is 0 Å². The number of amidine groups is 1. The lowest BCUT2D eigenvalue weighted by molar-refractivity contribution is -0.933. The van der Waals surface area contributed by atoms with Crippen molar-refractivity contribution in [2.75, 3.05) is 53.6 Å². The molecule has 5 N–H and O–H groups in total. The molecule has 1 fully saturated rings. The number of esters is 2. The number of likely N-dealkylation sites (tertiary alicyclic amines) is 1. The first-order valence-corrected chi connectivity index (χ1v) is 17.7. The highest BCUT2D eigenvalue weighted by molar-refractivity contribution is 6.42. The van der Waals surface area contributed by atoms with Gasteiger partial charge >= 0.3 is 11.9 Å². The third-order valence-electron chi connectivity index (χ3n) is 8.93. The lowest BCUT2D eigenvalue weighted by Crippen LogP contribution is -2.60. The smallest absolute Gasteiger partial charge is 0.343 e. The number of nitrogens with zero attached hydrogens (tertiary/aromatic N) is 2. The zero-order chi connectivity index (χ0) is 37.2. The summed E-state index contributed by atoms with van der Waals surface area (Å²) in [5.41, 5.74) is 14.8. The van der Waals surface area contributed by atoms with E-state index >= 15 is 0 Å². The molecule has 278 valence electrons. The van der Waals surface area contributed by atoms with E-state index in [1.165, 1.54) is 25.3 Å². The molecule has 1 atom stereocenters. The highest BCUT2D eigenvalue weighted by atomic mass is 35.5. The van der Waals surface area contributed by atoms with Gasteiger partial charge < -0.3 is 40.2 Å². The SMILES string of the molecule is CC/C=C(Cl)/C(N)=N\C(N)=C(/C)C(=O)NC1CCC[N+](CCCc2ccc(OCC(=O)OC)cc2)(CCCc2ccc(OCC(=O)OC)cc2)C1. The molecule has 1 heterocycles. The number of aliphatic imine (C=N–C) groups is 1. The van der Waals surface area contributed by atoms with Crippen LogP contribution in [0.25, 0.3) is 0 Å². The van der Waals surface area contributed by atoms with Gasteiger partial charge in [0.25, 0.3) is 5.91 Å². The number of hydrogen-bond acceptors (Lipinski definition) is 9. The summed E-state index contributed by atoms with van der Waals surface area (Å²) in [6.45, 7) is 7.04. The number of methoxy groups -OCH3 is 2. The van der Waals surface area contributed by atoms with Crippen LogP contribution in [0, 0.1) is 0 Å². The average molecular weight is 727 g/mol. The van der Waals surface area contributed by atoms with Crippen molar-refractivity contribution in [2.24, 2.45) is 16.5 Å². The standard InChI is InChI=1S/C38H52ClN5O7/c1-5-9-33(39)37(41)43-36(40)27(2)38(47)42-30-12-8-23-44(24-30,21-6-10-28-13-17-31(18-14-28)50-25-34(45)48-3)22-7-11-29-15-19-32(20-16-29)51-26-35(46)49-4/h9,13-20,30H,5-8,10-12,21-26H2,1-4H3,(H4-,40,41,42,43,47)/p+1/b33-9-. The van der Waals surface area contributed by atoms with Crippen LogP contribution in [-0.2, 0) is 36.7 Å². The van der Waals surface area contributed by atoms with Crippen LogP contribution in [0.1, 0.15) is 57.1 Å². The number of carbonyl (C=O) groups excluding carboxylic acids is 3. The van der Waals surface area contributed by atoms with Crippen molar-refractivity contribution in [3.05, 3.63) is 82.2 Å². The summed E-state index contributed by atoms with van der Waals surface area (Å²) >= 11 is 6.16. The number of halogens is 1. The van der Waals surface area contributed by atoms with Crippen molar-refractivity contribution in [2.45, 2.75) is 64.8 Å². The summed E-state index contributed by atoms with van der Waals surface area (Å²) in [7, 11) is 2.66. The van der Waals surface area contributed by atoms with Gasteiger partial charge in [0.05, 0.1) is 57.0 Å². The van der Waals surface area contributed by atoms with Crippen LogP contribution in [0.4, 0.5) is 0 Å². The van der Waals surface area contributed by atoms with Crippen molar-refractivity contribution in [1.82, 2.24) is 5.32 Å². The van der Waals surface area contributed by atoms with Gasteiger partial charge in [-0.15, -0.1) is 0 Å². The van der Waals surface area contributed by atoms with Crippen molar-refractivity contribution >= 4 is 35.3 Å². The molecule has 0 radical (unpaired) electrons. The van der Waals surface area contributed by atoms with Gasteiger partial charge in [-0.3, -0.25) is 4.79 Å². The molecule has 12 nitrogen and oxygen atoms in total. The Balaban J connectivity index is 1.68. The van der Waals surface area contributed by atoms with Gasteiger partial charge in [-0.25, -0.2) is 14.6 Å². The molecule has 1 saturated heterocycles. The van der Waals surface area contributed by atoms with Crippen LogP contribution in [0.5, 0.6) is 11.5 Å². The zero-order valence-corrected chi connectivity index (χ0v) is 31.0. The number of nitrogens with two attached hydrogens (primary N) is 2. The van der Waals surface area contributed by atoms with Gasteiger partial charge in [0, 0.05) is 12.8 Å². The van der Waals surface area contributed by atoms with E-state index in [4.69, 9.17) is 32.5 Å². The third kappa shape index (κ3) is 13.9. The molecule has 1 aliphatic rings. The Labute approximate surface area is 306 Å². The molecule has 13 heteroatoms. The Kier molecular flexibility index (Phi) is 16.8. The summed E-state index contributed by atoms with van der Waals surface area (Å²) in [5.74, 6) is 0.213. The Morgan fingerprint density at radius 3 is 1.88 bits per heavy atom. The maximum Gasteiger partial charge on any atom is 0.343 e. The monoisotopic (exact) mass is 726 g/mol. The van der Waals surface area contributed by atoms with Crippen LogP contribution in [0.2, 0.25) is 0 Å². The second-order valence-corrected chi connectivity index (χ2v) is 13.1. The van der Waals surface area contributed by atoms with Crippen LogP contribution in [0.15, 0.2) is 76.0 Å². The fourth-order valence-corrected chi connectivity index (χ4v) is 6.26. The van der Waals surface area contributed by atoms with E-state index in [-0.39, 0.29) is 36.8 Å². The van der Waals surface area contributed by atoms with Crippen molar-refractivity contribution in [3.63, 3.8) is 0 Å². The van der Waals surface area contributed by atoms with Gasteiger partial charge in [0.1, 0.15) is 23.2 Å². The molecule has 0 aliphatic carbocycles. The summed E-state index contributed by atoms with van der Waals surface area (Å²) in [6.07, 6.45) is 7.96. The molecule has 3 rings (SSSR count). The van der Waals surface area contributed by atoms with E-state index in [1.807, 2.05) is 55.5 Å². The molecule has 1 aliphatic heterocycles. The van der Waals surface area contributed by atoms with Crippen LogP contribution < -0.4 is 26.3 Å². The quantitative estimate of drug-likeness (QED) is 0.0620. The van der Waals surface area contributed by atoms with Crippen LogP contribution >= 0.6 is 11.6 Å². The van der Waals surface area contributed by atoms with E-state index in [1.54, 1.807) is 13.0 Å². The van der Waals surface area contributed by atoms with Gasteiger partial charge in [0.15, 0.2) is 13.2 Å². The van der Waals surface area contributed by atoms with Gasteiger partial charge in [-0.1, -0.05) is 48.9 Å². The number of rotatable bonds is 19. The second-order valence-electron chi connectivity index (χ2n) is 12.7. The predicted molar refractivity (Wildman–Crippen MR) is 198 cm³/mol. The number of nitrogens with one attached hydrogen (secondary N) is 1. The van der Waals surface area contributed by atoms with Crippen molar-refractivity contribution in [3.8, 4) is 11.5 Å². The van der Waals surface area contributed by atoms with Crippen molar-refractivity contribution < 1.29 is 37.8 Å². The molecular formula is C38H53ClN5O7+. The molecule has 0 aromatic heterocycles. The molecular weight excluding hydrogens is 674 g/mol. The topological polar surface area (TPSA) is 165 Å². The molecule has 51 heavy (non-hydrogen) atoms. The summed E-state index contributed by atoms with van der Waals surface area (Å²) in [4.78, 5) is 40.3. The number of piperidine rings is 1. The number of benzene rings is 2. The first-order chi connectivity index (χ1) is 24.5. The number of allylic oxidation sites excluding steroid dienone is 1. The minimum Gasteiger partial charge on any atom is -0.482 e. The zero-order valence-electron chi connectivity index (χ0n) is 30.3. The molecule has 2 aromatic carbocycles. The number of ether oxygens (including phenoxy) is 4. The molecule has 0 bridgehead atoms. The first-order valence-electron chi connectivity index (χ1n) is 17.4. The molecule has 2 aromatic rings. The second kappa shape index (κ2) is 21.0. The maximum absolute atomic E-state index is 13.3. The summed E-state index contributed by atoms with van der Waals surface area (Å²) in [5, 5.41) is 3.51. The Hall–Kier alpha value is -4.55.